The molecule has 1 nitrogen and oxygen atoms in total. The molecular weight excluding hydrogens is 183 g/mol. The predicted octanol–water partition coefficient (Wildman–Crippen LogP) is 2.65. The average Bonchev–Trinajstić information content (AvgIpc) is 1.85. The molecule has 0 aliphatic carbocycles. The summed E-state index contributed by atoms with van der Waals surface area (Å²) in [6.45, 7) is 6.55. The van der Waals surface area contributed by atoms with Gasteiger partial charge in [0.15, 0.2) is 0 Å². The van der Waals surface area contributed by atoms with Crippen molar-refractivity contribution in [1.82, 2.24) is 0 Å². The van der Waals surface area contributed by atoms with E-state index in [2.05, 4.69) is 20.8 Å². The lowest BCUT2D eigenvalue weighted by atomic mass is 9.93. The summed E-state index contributed by atoms with van der Waals surface area (Å²) in [6, 6.07) is 0. The summed E-state index contributed by atoms with van der Waals surface area (Å²) in [7, 11) is 0. The number of rotatable bonds is 4. The van der Waals surface area contributed by atoms with Crippen LogP contribution in [0.1, 0.15) is 27.2 Å². The van der Waals surface area contributed by atoms with E-state index in [1.165, 1.54) is 11.4 Å². The fourth-order valence-electron chi connectivity index (χ4n) is 0.359. The van der Waals surface area contributed by atoms with Gasteiger partial charge >= 0.3 is 0 Å². The maximum absolute atomic E-state index is 8.89. The van der Waals surface area contributed by atoms with Crippen molar-refractivity contribution in [2.24, 2.45) is 5.41 Å². The highest BCUT2D eigenvalue weighted by atomic mass is 32.9. The van der Waals surface area contributed by atoms with Crippen LogP contribution in [0.4, 0.5) is 0 Å². The van der Waals surface area contributed by atoms with Crippen molar-refractivity contribution >= 4 is 29.3 Å². The lowest BCUT2D eigenvalue weighted by Crippen LogP contribution is -2.11. The van der Waals surface area contributed by atoms with Crippen LogP contribution in [0.2, 0.25) is 0 Å². The molecule has 62 valence electrons. The Hall–Kier alpha value is 0.960. The van der Waals surface area contributed by atoms with E-state index >= 15 is 0 Å². The Labute approximate surface area is 72.9 Å². The molecule has 0 saturated heterocycles. The van der Waals surface area contributed by atoms with Crippen LogP contribution in [0.3, 0.4) is 0 Å². The second-order valence-electron chi connectivity index (χ2n) is 3.07. The molecule has 4 heteroatoms. The van der Waals surface area contributed by atoms with E-state index in [-0.39, 0.29) is 0 Å². The van der Waals surface area contributed by atoms with E-state index in [0.29, 0.717) is 5.41 Å². The maximum atomic E-state index is 8.89. The molecule has 1 unspecified atom stereocenters. The third-order valence-corrected chi connectivity index (χ3v) is 4.95. The van der Waals surface area contributed by atoms with Crippen LogP contribution in [-0.2, 0) is 11.8 Å². The molecule has 0 amide bonds. The fourth-order valence-corrected chi connectivity index (χ4v) is 3.15. The van der Waals surface area contributed by atoms with Crippen molar-refractivity contribution in [3.8, 4) is 0 Å². The first-order chi connectivity index (χ1) is 4.48. The van der Waals surface area contributed by atoms with Crippen LogP contribution in [0, 0.1) is 5.41 Å². The Morgan fingerprint density at radius 2 is 2.10 bits per heavy atom. The molecule has 0 saturated carbocycles. The van der Waals surface area contributed by atoms with E-state index in [1.807, 2.05) is 0 Å². The molecule has 0 radical (unpaired) electrons. The molecule has 0 aliphatic rings. The number of hydrogen-bond acceptors (Lipinski definition) is 2. The topological polar surface area (TPSA) is 20.2 Å². The first-order valence-electron chi connectivity index (χ1n) is 3.33. The molecule has 0 fully saturated rings. The fraction of sp³-hybridized carbons (Fsp3) is 1.00. The van der Waals surface area contributed by atoms with Gasteiger partial charge < -0.3 is 4.89 Å². The van der Waals surface area contributed by atoms with Crippen molar-refractivity contribution in [1.29, 1.82) is 0 Å². The maximum Gasteiger partial charge on any atom is 0.104 e. The highest BCUT2D eigenvalue weighted by Crippen LogP contribution is 2.39. The van der Waals surface area contributed by atoms with Crippen molar-refractivity contribution in [3.63, 3.8) is 0 Å². The van der Waals surface area contributed by atoms with Crippen LogP contribution < -0.4 is 0 Å². The molecule has 10 heavy (non-hydrogen) atoms. The van der Waals surface area contributed by atoms with Gasteiger partial charge in [-0.15, -0.1) is 11.4 Å². The lowest BCUT2D eigenvalue weighted by molar-refractivity contribution is 0.408. The van der Waals surface area contributed by atoms with Gasteiger partial charge in [0, 0.05) is 5.75 Å². The molecular formula is C6H15OPS2. The zero-order valence-corrected chi connectivity index (χ0v) is 9.31. The lowest BCUT2D eigenvalue weighted by Gasteiger charge is -2.20. The predicted molar refractivity (Wildman–Crippen MR) is 54.4 cm³/mol. The van der Waals surface area contributed by atoms with E-state index in [1.54, 1.807) is 0 Å². The molecule has 0 aromatic carbocycles. The monoisotopic (exact) mass is 198 g/mol. The van der Waals surface area contributed by atoms with Crippen LogP contribution in [0.5, 0.6) is 0 Å². The van der Waals surface area contributed by atoms with Gasteiger partial charge in [0.2, 0.25) is 0 Å². The molecule has 0 bridgehead atoms. The van der Waals surface area contributed by atoms with Gasteiger partial charge in [-0.2, -0.15) is 0 Å². The summed E-state index contributed by atoms with van der Waals surface area (Å²) in [5.74, 6) is 0.984. The Bertz CT molecular complexity index is 125. The minimum Gasteiger partial charge on any atom is -0.359 e. The standard InChI is InChI=1S/C6H15OPS2/c1-4-6(2,3)5-10-8(7)9/h8H,4-5H2,1-3H3,(H,7,9). The van der Waals surface area contributed by atoms with Gasteiger partial charge in [-0.25, -0.2) is 0 Å². The summed E-state index contributed by atoms with van der Waals surface area (Å²) in [5, 5.41) is 0. The molecule has 0 aromatic heterocycles. The molecule has 0 rings (SSSR count). The molecule has 0 aromatic rings. The zero-order chi connectivity index (χ0) is 8.20. The molecule has 0 spiro atoms. The molecule has 1 atom stereocenters. The van der Waals surface area contributed by atoms with Crippen molar-refractivity contribution in [2.75, 3.05) is 5.75 Å². The normalized spacial score (nSPS) is 15.2. The van der Waals surface area contributed by atoms with Crippen LogP contribution in [-0.4, -0.2) is 10.6 Å². The largest absolute Gasteiger partial charge is 0.359 e. The second-order valence-corrected chi connectivity index (χ2v) is 8.14. The summed E-state index contributed by atoms with van der Waals surface area (Å²) < 4.78 is 0. The first kappa shape index (κ1) is 11.0. The van der Waals surface area contributed by atoms with Gasteiger partial charge in [-0.1, -0.05) is 39.0 Å². The van der Waals surface area contributed by atoms with Gasteiger partial charge in [-0.05, 0) is 5.41 Å². The van der Waals surface area contributed by atoms with E-state index in [0.717, 1.165) is 12.2 Å². The van der Waals surface area contributed by atoms with Crippen molar-refractivity contribution in [3.05, 3.63) is 0 Å². The quantitative estimate of drug-likeness (QED) is 0.701. The summed E-state index contributed by atoms with van der Waals surface area (Å²) in [4.78, 5) is 8.89. The third-order valence-electron chi connectivity index (χ3n) is 1.54. The summed E-state index contributed by atoms with van der Waals surface area (Å²) in [5.41, 5.74) is 0.335. The zero-order valence-electron chi connectivity index (χ0n) is 6.68. The Balaban J connectivity index is 3.56. The molecule has 1 N–H and O–H groups in total. The summed E-state index contributed by atoms with van der Waals surface area (Å²) in [6.07, 6.45) is -0.334. The van der Waals surface area contributed by atoms with Gasteiger partial charge in [0.25, 0.3) is 0 Å². The SMILES string of the molecule is CCC(C)(C)CS[PH](O)=S. The highest BCUT2D eigenvalue weighted by Gasteiger charge is 2.14. The van der Waals surface area contributed by atoms with Crippen molar-refractivity contribution < 1.29 is 4.89 Å². The second kappa shape index (κ2) is 4.76. The third kappa shape index (κ3) is 5.72. The molecule has 0 aliphatic heterocycles. The van der Waals surface area contributed by atoms with Gasteiger partial charge in [-0.3, -0.25) is 0 Å². The Morgan fingerprint density at radius 1 is 1.60 bits per heavy atom. The summed E-state index contributed by atoms with van der Waals surface area (Å²) >= 11 is 6.25. The highest BCUT2D eigenvalue weighted by molar-refractivity contribution is 8.62. The Morgan fingerprint density at radius 3 is 2.40 bits per heavy atom. The van der Waals surface area contributed by atoms with E-state index < -0.39 is 6.13 Å². The first-order valence-corrected chi connectivity index (χ1v) is 7.63. The van der Waals surface area contributed by atoms with Gasteiger partial charge in [0.1, 0.15) is 6.13 Å². The van der Waals surface area contributed by atoms with Gasteiger partial charge in [0.05, 0.1) is 0 Å². The minimum absolute atomic E-state index is 0.335. The van der Waals surface area contributed by atoms with E-state index in [4.69, 9.17) is 16.7 Å². The van der Waals surface area contributed by atoms with Crippen molar-refractivity contribution in [2.45, 2.75) is 27.2 Å². The van der Waals surface area contributed by atoms with Crippen LogP contribution in [0.15, 0.2) is 0 Å². The van der Waals surface area contributed by atoms with Crippen LogP contribution >= 0.6 is 17.5 Å². The smallest absolute Gasteiger partial charge is 0.104 e. The van der Waals surface area contributed by atoms with E-state index in [9.17, 15) is 0 Å². The molecule has 0 heterocycles. The van der Waals surface area contributed by atoms with Crippen LogP contribution in [0.25, 0.3) is 0 Å². The minimum atomic E-state index is -1.48. The Kier molecular flexibility index (Phi) is 5.22. The average molecular weight is 198 g/mol. The number of hydrogen-bond donors (Lipinski definition) is 1.